The van der Waals surface area contributed by atoms with E-state index in [1.807, 2.05) is 25.2 Å². The normalized spacial score (nSPS) is 25.5. The maximum absolute atomic E-state index is 12.9. The molecule has 6 unspecified atom stereocenters. The fourth-order valence-electron chi connectivity index (χ4n) is 11.3. The second kappa shape index (κ2) is 23.9. The van der Waals surface area contributed by atoms with Crippen LogP contribution in [0.5, 0.6) is 0 Å². The summed E-state index contributed by atoms with van der Waals surface area (Å²) in [6, 6.07) is 8.44. The number of aliphatic hydroxyl groups excluding tert-OH is 2. The Morgan fingerprint density at radius 1 is 0.812 bits per heavy atom. The fraction of sp³-hybridized carbons (Fsp3) is 0.521. The first kappa shape index (κ1) is 61.4. The molecule has 2 aromatic carbocycles. The summed E-state index contributed by atoms with van der Waals surface area (Å²) in [5.41, 5.74) is 4.30. The summed E-state index contributed by atoms with van der Waals surface area (Å²) in [5.74, 6) is -0.666. The second-order valence-electron chi connectivity index (χ2n) is 20.6. The predicted octanol–water partition coefficient (Wildman–Crippen LogP) is 5.68. The van der Waals surface area contributed by atoms with Crippen LogP contribution in [0.1, 0.15) is 109 Å². The molecule has 27 nitrogen and oxygen atoms in total. The smallest absolute Gasteiger partial charge is 0.390 e. The van der Waals surface area contributed by atoms with E-state index in [4.69, 9.17) is 9.79 Å². The van der Waals surface area contributed by atoms with Crippen LogP contribution in [0.15, 0.2) is 82.8 Å². The third kappa shape index (κ3) is 13.6. The Kier molecular flexibility index (Phi) is 18.4. The number of phosphoric acid groups is 3. The number of benzene rings is 2. The maximum Gasteiger partial charge on any atom is 0.490 e. The summed E-state index contributed by atoms with van der Waals surface area (Å²) < 4.78 is 120. The van der Waals surface area contributed by atoms with Crippen LogP contribution in [0.2, 0.25) is 0 Å². The summed E-state index contributed by atoms with van der Waals surface area (Å²) in [4.78, 5) is 64.3. The van der Waals surface area contributed by atoms with Crippen molar-refractivity contribution >= 4 is 83.7 Å². The standard InChI is InChI=1S/C48H65N8O19P3S2/c1-4-54-36-18-16-32(79(67,68)69)26-34(36)47(2)20-21-48(3)35-27-33(80(70,71)72)17-19-37(35)55(40(48)14-12-13-39(47)54)24-11-7-8-15-41(57)49-22-9-5-6-10-23-50-45-42-46(52-29-51-45)56(30-53-42)38-25-31(43(58)44(38)59)28-73-77(63,64)75-78(65,66)74-76(60,61)62/h12-14,16-19,26-27,29-31,38,43-44,58-59H,4-11,15,20-25,28H2,1-3H3,(H7-,49,50,51,52,57,60,61,62,63,64,65,66,67,68,69,70,71,72)/p+1/t31-,38-,43?,44?,47?,48?/m1/s1. The number of nitrogens with zero attached hydrogens (tertiary/aromatic N) is 6. The molecule has 2 aliphatic carbocycles. The second-order valence-corrected chi connectivity index (χ2v) is 27.9. The van der Waals surface area contributed by atoms with E-state index >= 15 is 0 Å². The van der Waals surface area contributed by atoms with E-state index in [0.29, 0.717) is 68.8 Å². The van der Waals surface area contributed by atoms with E-state index in [2.05, 4.69) is 62.1 Å². The number of hydrogen-bond donors (Lipinski definition) is 10. The van der Waals surface area contributed by atoms with Gasteiger partial charge in [-0.1, -0.05) is 18.9 Å². The van der Waals surface area contributed by atoms with Gasteiger partial charge in [-0.05, 0) is 108 Å². The van der Waals surface area contributed by atoms with E-state index in [9.17, 15) is 64.4 Å². The number of likely N-dealkylation sites (N-methyl/N-ethyl adjacent to an activating group) is 1. The van der Waals surface area contributed by atoms with Crippen molar-refractivity contribution in [1.82, 2.24) is 24.8 Å². The van der Waals surface area contributed by atoms with Gasteiger partial charge in [-0.25, -0.2) is 28.6 Å². The monoisotopic (exact) mass is 1220 g/mol. The van der Waals surface area contributed by atoms with Crippen LogP contribution in [0.4, 0.5) is 17.2 Å². The van der Waals surface area contributed by atoms with Crippen molar-refractivity contribution < 1.29 is 91.9 Å². The van der Waals surface area contributed by atoms with Gasteiger partial charge in [0.15, 0.2) is 17.2 Å². The number of phosphoric ester groups is 1. The number of aliphatic hydroxyl groups is 2. The molecule has 8 atom stereocenters. The summed E-state index contributed by atoms with van der Waals surface area (Å²) in [6.45, 7) is 7.55. The molecule has 4 aromatic rings. The number of imidazole rings is 1. The van der Waals surface area contributed by atoms with E-state index < -0.39 is 85.3 Å². The zero-order valence-electron chi connectivity index (χ0n) is 43.9. The molecule has 0 saturated heterocycles. The van der Waals surface area contributed by atoms with Crippen LogP contribution in [0, 0.1) is 5.92 Å². The number of hydrogen-bond acceptors (Lipinski definition) is 18. The van der Waals surface area contributed by atoms with Crippen LogP contribution in [-0.2, 0) is 62.7 Å². The average molecular weight is 1220 g/mol. The minimum absolute atomic E-state index is 0.0514. The van der Waals surface area contributed by atoms with E-state index in [1.165, 1.54) is 41.5 Å². The lowest BCUT2D eigenvalue weighted by atomic mass is 9.69. The molecule has 2 aromatic heterocycles. The van der Waals surface area contributed by atoms with Gasteiger partial charge in [0.1, 0.15) is 24.5 Å². The lowest BCUT2D eigenvalue weighted by Crippen LogP contribution is -2.35. The first-order valence-corrected chi connectivity index (χ1v) is 33.2. The van der Waals surface area contributed by atoms with Gasteiger partial charge >= 0.3 is 23.5 Å². The minimum atomic E-state index is -5.75. The lowest BCUT2D eigenvalue weighted by Gasteiger charge is -2.32. The number of aromatic nitrogens is 4. The van der Waals surface area contributed by atoms with E-state index in [-0.39, 0.29) is 22.1 Å². The predicted molar refractivity (Wildman–Crippen MR) is 289 cm³/mol. The SMILES string of the molecule is CCN1/C2=C/C=C/C3=[N+](CCCCCC(=O)NCCCCCCNc4ncnc5c4ncn5[C@@H]4C[C@H](COP(=O)(O)OP(=O)(O)OP(=O)(O)O)C(O)C4O)c4ccc(S(=O)(=O)O)cc4C3(C)CCC2(C)c2cc(S(=O)(=O)O)ccc21. The van der Waals surface area contributed by atoms with Gasteiger partial charge < -0.3 is 49.9 Å². The number of amides is 1. The third-order valence-electron chi connectivity index (χ3n) is 15.3. The number of allylic oxidation sites excluding steroid dienone is 4. The number of carbonyl (C=O) groups is 1. The molecule has 1 fully saturated rings. The molecule has 8 rings (SSSR count). The Labute approximate surface area is 461 Å². The largest absolute Gasteiger partial charge is 0.490 e. The first-order chi connectivity index (χ1) is 37.5. The van der Waals surface area contributed by atoms with Crippen molar-refractivity contribution in [3.8, 4) is 0 Å². The Morgan fingerprint density at radius 2 is 1.48 bits per heavy atom. The summed E-state index contributed by atoms with van der Waals surface area (Å²) in [5, 5.41) is 27.9. The molecule has 1 amide bonds. The van der Waals surface area contributed by atoms with Crippen LogP contribution < -0.4 is 15.5 Å². The molecule has 10 N–H and O–H groups in total. The highest BCUT2D eigenvalue weighted by atomic mass is 32.2. The number of rotatable bonds is 25. The molecule has 438 valence electrons. The molecule has 4 aliphatic rings. The van der Waals surface area contributed by atoms with Crippen LogP contribution in [0.3, 0.4) is 0 Å². The van der Waals surface area contributed by atoms with Crippen molar-refractivity contribution in [1.29, 1.82) is 0 Å². The molecule has 80 heavy (non-hydrogen) atoms. The summed E-state index contributed by atoms with van der Waals surface area (Å²) in [7, 11) is -25.8. The highest BCUT2D eigenvalue weighted by Gasteiger charge is 2.52. The zero-order valence-corrected chi connectivity index (χ0v) is 48.2. The van der Waals surface area contributed by atoms with Crippen LogP contribution in [0.25, 0.3) is 11.2 Å². The Morgan fingerprint density at radius 3 is 2.16 bits per heavy atom. The molecule has 4 heterocycles. The minimum Gasteiger partial charge on any atom is -0.390 e. The van der Waals surface area contributed by atoms with Gasteiger partial charge in [0, 0.05) is 72.9 Å². The number of anilines is 2. The number of unbranched alkanes of at least 4 members (excludes halogenated alkanes) is 5. The van der Waals surface area contributed by atoms with Gasteiger partial charge in [0.05, 0.1) is 40.3 Å². The maximum atomic E-state index is 12.9. The van der Waals surface area contributed by atoms with Gasteiger partial charge in [0.2, 0.25) is 11.6 Å². The molecule has 0 bridgehead atoms. The van der Waals surface area contributed by atoms with Crippen LogP contribution in [-0.4, -0.2) is 136 Å². The Balaban J connectivity index is 0.786. The summed E-state index contributed by atoms with van der Waals surface area (Å²) >= 11 is 0. The van der Waals surface area contributed by atoms with Crippen LogP contribution >= 0.6 is 23.5 Å². The van der Waals surface area contributed by atoms with Crippen molar-refractivity contribution in [2.45, 2.75) is 130 Å². The molecule has 1 saturated carbocycles. The molecule has 32 heteroatoms. The van der Waals surface area contributed by atoms with Gasteiger partial charge in [-0.2, -0.15) is 30.0 Å². The van der Waals surface area contributed by atoms with Crippen molar-refractivity contribution in [3.05, 3.63) is 84.1 Å². The third-order valence-corrected chi connectivity index (χ3v) is 20.8. The molecular formula is C48H66N8O19P3S2+. The average Bonchev–Trinajstić information content (AvgIpc) is 4.09. The summed E-state index contributed by atoms with van der Waals surface area (Å²) in [6.07, 6.45) is 12.4. The van der Waals surface area contributed by atoms with E-state index in [0.717, 1.165) is 72.4 Å². The Bertz CT molecular complexity index is 3500. The fourth-order valence-corrected chi connectivity index (χ4v) is 15.4. The van der Waals surface area contributed by atoms with Gasteiger partial charge in [-0.15, -0.1) is 0 Å². The lowest BCUT2D eigenvalue weighted by molar-refractivity contribution is -0.438. The Hall–Kier alpha value is -4.64. The highest BCUT2D eigenvalue weighted by molar-refractivity contribution is 7.86. The molecule has 0 radical (unpaired) electrons. The number of fused-ring (bicyclic) bond motifs is 7. The highest BCUT2D eigenvalue weighted by Crippen LogP contribution is 2.66. The van der Waals surface area contributed by atoms with Crippen molar-refractivity contribution in [2.75, 3.05) is 43.0 Å². The zero-order chi connectivity index (χ0) is 58.2. The van der Waals surface area contributed by atoms with Crippen molar-refractivity contribution in [3.63, 3.8) is 0 Å². The van der Waals surface area contributed by atoms with Crippen molar-refractivity contribution in [2.24, 2.45) is 5.92 Å². The van der Waals surface area contributed by atoms with Gasteiger partial charge in [-0.3, -0.25) is 18.4 Å². The quantitative estimate of drug-likeness (QED) is 0.0165. The topological polar surface area (TPSA) is 400 Å². The van der Waals surface area contributed by atoms with Gasteiger partial charge in [0.25, 0.3) is 20.2 Å². The number of carbonyl (C=O) groups excluding carboxylic acids is 1. The first-order valence-electron chi connectivity index (χ1n) is 25.8. The van der Waals surface area contributed by atoms with E-state index in [1.54, 1.807) is 12.1 Å². The molecular weight excluding hydrogens is 1150 g/mol. The number of nitrogens with one attached hydrogen (secondary N) is 2. The molecule has 0 spiro atoms. The molecule has 2 aliphatic heterocycles.